The van der Waals surface area contributed by atoms with E-state index in [0.717, 1.165) is 34.4 Å². The van der Waals surface area contributed by atoms with Crippen molar-refractivity contribution in [3.63, 3.8) is 0 Å². The van der Waals surface area contributed by atoms with Gasteiger partial charge >= 0.3 is 0 Å². The van der Waals surface area contributed by atoms with Gasteiger partial charge < -0.3 is 10.1 Å². The summed E-state index contributed by atoms with van der Waals surface area (Å²) in [6, 6.07) is 18.2. The fourth-order valence-corrected chi connectivity index (χ4v) is 4.13. The molecule has 1 amide bonds. The summed E-state index contributed by atoms with van der Waals surface area (Å²) in [5, 5.41) is 2.81. The molecule has 0 aliphatic carbocycles. The van der Waals surface area contributed by atoms with Gasteiger partial charge in [-0.05, 0) is 47.2 Å². The molecule has 3 aromatic carbocycles. The van der Waals surface area contributed by atoms with Gasteiger partial charge in [0.2, 0.25) is 11.9 Å². The number of ether oxygens (including phenoxy) is 1. The van der Waals surface area contributed by atoms with E-state index in [2.05, 4.69) is 17.2 Å². The molecule has 0 spiro atoms. The summed E-state index contributed by atoms with van der Waals surface area (Å²) in [5.74, 6) is -1.47. The topological polar surface area (TPSA) is 51.2 Å². The lowest BCUT2D eigenvalue weighted by atomic mass is 10.0. The van der Waals surface area contributed by atoms with E-state index < -0.39 is 17.6 Å². The summed E-state index contributed by atoms with van der Waals surface area (Å²) in [6.45, 7) is 2.07. The van der Waals surface area contributed by atoms with Gasteiger partial charge in [0.1, 0.15) is 23.1 Å². The fourth-order valence-electron chi connectivity index (χ4n) is 3.47. The van der Waals surface area contributed by atoms with Crippen molar-refractivity contribution in [2.75, 3.05) is 11.1 Å². The lowest BCUT2D eigenvalue weighted by Crippen LogP contribution is -2.14. The predicted molar refractivity (Wildman–Crippen MR) is 131 cm³/mol. The average Bonchev–Trinajstić information content (AvgIpc) is 2.80. The summed E-state index contributed by atoms with van der Waals surface area (Å²) in [5.41, 5.74) is 2.18. The Labute approximate surface area is 205 Å². The van der Waals surface area contributed by atoms with E-state index in [1.807, 2.05) is 24.3 Å². The fraction of sp³-hybridized carbons (Fsp3) is 0.111. The van der Waals surface area contributed by atoms with E-state index in [4.69, 9.17) is 4.74 Å². The zero-order chi connectivity index (χ0) is 24.8. The van der Waals surface area contributed by atoms with Gasteiger partial charge in [0, 0.05) is 52.7 Å². The van der Waals surface area contributed by atoms with Crippen LogP contribution in [0.5, 0.6) is 11.5 Å². The molecule has 0 saturated carbocycles. The summed E-state index contributed by atoms with van der Waals surface area (Å²) >= 11 is 1.72. The number of halogens is 3. The van der Waals surface area contributed by atoms with E-state index in [1.165, 1.54) is 18.3 Å². The van der Waals surface area contributed by atoms with Crippen molar-refractivity contribution in [1.82, 2.24) is 4.98 Å². The van der Waals surface area contributed by atoms with Crippen LogP contribution in [-0.2, 0) is 11.2 Å². The highest BCUT2D eigenvalue weighted by Gasteiger charge is 2.13. The van der Waals surface area contributed by atoms with Crippen LogP contribution in [0.3, 0.4) is 0 Å². The van der Waals surface area contributed by atoms with Crippen molar-refractivity contribution < 1.29 is 22.7 Å². The number of hydrogen-bond donors (Lipinski definition) is 1. The number of nitrogens with zero attached hydrogens (tertiary/aromatic N) is 1. The van der Waals surface area contributed by atoms with Crippen LogP contribution in [-0.4, -0.2) is 16.6 Å². The van der Waals surface area contributed by atoms with Gasteiger partial charge in [-0.1, -0.05) is 19.1 Å². The zero-order valence-corrected chi connectivity index (χ0v) is 19.5. The van der Waals surface area contributed by atoms with Crippen LogP contribution in [0.2, 0.25) is 0 Å². The van der Waals surface area contributed by atoms with Gasteiger partial charge in [0.25, 0.3) is 0 Å². The van der Waals surface area contributed by atoms with Gasteiger partial charge in [-0.15, -0.1) is 11.8 Å². The first-order valence-corrected chi connectivity index (χ1v) is 11.8. The van der Waals surface area contributed by atoms with Crippen molar-refractivity contribution in [1.29, 1.82) is 0 Å². The Kier molecular flexibility index (Phi) is 7.72. The number of anilines is 1. The van der Waals surface area contributed by atoms with Gasteiger partial charge in [-0.3, -0.25) is 4.79 Å². The lowest BCUT2D eigenvalue weighted by molar-refractivity contribution is -0.115. The Morgan fingerprint density at radius 1 is 0.943 bits per heavy atom. The van der Waals surface area contributed by atoms with Crippen LogP contribution in [0, 0.1) is 17.6 Å². The van der Waals surface area contributed by atoms with Gasteiger partial charge in [-0.2, -0.15) is 4.39 Å². The number of benzene rings is 3. The third-order valence-electron chi connectivity index (χ3n) is 4.97. The smallest absolute Gasteiger partial charge is 0.228 e. The average molecular weight is 495 g/mol. The Morgan fingerprint density at radius 2 is 1.69 bits per heavy atom. The third kappa shape index (κ3) is 6.64. The Morgan fingerprint density at radius 3 is 2.37 bits per heavy atom. The number of rotatable bonds is 8. The van der Waals surface area contributed by atoms with Crippen LogP contribution < -0.4 is 10.1 Å². The summed E-state index contributed by atoms with van der Waals surface area (Å²) < 4.78 is 46.9. The van der Waals surface area contributed by atoms with E-state index in [0.29, 0.717) is 16.8 Å². The largest absolute Gasteiger partial charge is 0.456 e. The molecule has 1 aromatic heterocycles. The number of carbonyl (C=O) groups excluding carboxylic acids is 1. The Hall–Kier alpha value is -3.78. The van der Waals surface area contributed by atoms with Crippen molar-refractivity contribution in [2.45, 2.75) is 18.2 Å². The van der Waals surface area contributed by atoms with E-state index in [-0.39, 0.29) is 23.8 Å². The normalized spacial score (nSPS) is 10.7. The second-order valence-corrected chi connectivity index (χ2v) is 8.92. The molecule has 4 rings (SSSR count). The highest BCUT2D eigenvalue weighted by atomic mass is 32.2. The highest BCUT2D eigenvalue weighted by molar-refractivity contribution is 7.99. The summed E-state index contributed by atoms with van der Waals surface area (Å²) in [7, 11) is 0. The van der Waals surface area contributed by atoms with E-state index >= 15 is 0 Å². The molecule has 0 radical (unpaired) electrons. The van der Waals surface area contributed by atoms with Crippen LogP contribution >= 0.6 is 11.8 Å². The number of aromatic nitrogens is 1. The number of pyridine rings is 1. The van der Waals surface area contributed by atoms with Gasteiger partial charge in [0.05, 0.1) is 6.42 Å². The number of carbonyl (C=O) groups is 1. The quantitative estimate of drug-likeness (QED) is 0.207. The first-order valence-electron chi connectivity index (χ1n) is 10.8. The number of nitrogens with one attached hydrogen (secondary N) is 1. The molecule has 4 nitrogen and oxygen atoms in total. The van der Waals surface area contributed by atoms with Crippen molar-refractivity contribution >= 4 is 23.4 Å². The molecule has 1 heterocycles. The zero-order valence-electron chi connectivity index (χ0n) is 18.7. The molecule has 178 valence electrons. The molecule has 35 heavy (non-hydrogen) atoms. The highest BCUT2D eigenvalue weighted by Crippen LogP contribution is 2.36. The minimum Gasteiger partial charge on any atom is -0.456 e. The molecule has 0 aliphatic rings. The van der Waals surface area contributed by atoms with Gasteiger partial charge in [0.15, 0.2) is 0 Å². The maximum Gasteiger partial charge on any atom is 0.228 e. The minimum absolute atomic E-state index is 0.0770. The number of thioether (sulfide) groups is 1. The lowest BCUT2D eigenvalue weighted by Gasteiger charge is -2.14. The molecule has 0 aliphatic heterocycles. The molecule has 0 fully saturated rings. The van der Waals surface area contributed by atoms with Crippen LogP contribution in [0.25, 0.3) is 11.1 Å². The molecule has 8 heteroatoms. The molecule has 0 bridgehead atoms. The first-order chi connectivity index (χ1) is 16.9. The molecular weight excluding hydrogens is 473 g/mol. The second kappa shape index (κ2) is 11.1. The molecule has 0 unspecified atom stereocenters. The maximum absolute atomic E-state index is 13.7. The van der Waals surface area contributed by atoms with E-state index in [9.17, 15) is 18.0 Å². The summed E-state index contributed by atoms with van der Waals surface area (Å²) in [6.07, 6.45) is 1.47. The number of hydrogen-bond acceptors (Lipinski definition) is 4. The van der Waals surface area contributed by atoms with Crippen molar-refractivity contribution in [3.8, 4) is 22.6 Å². The second-order valence-electron chi connectivity index (χ2n) is 7.59. The standard InChI is InChI=1S/C27H21F3N2O2S/c1-2-35-23-6-3-17(4-7-23)11-27(33)32-21-5-8-24(18-9-10-31-26(30)12-18)25(16-21)34-22-14-19(28)13-20(29)15-22/h3-10,12-16H,2,11H2,1H3,(H,32,33). The molecular formula is C27H21F3N2O2S. The molecule has 0 atom stereocenters. The number of amides is 1. The molecule has 0 saturated heterocycles. The van der Waals surface area contributed by atoms with Gasteiger partial charge in [-0.25, -0.2) is 13.8 Å². The molecule has 1 N–H and O–H groups in total. The minimum atomic E-state index is -0.802. The Bertz CT molecular complexity index is 1330. The van der Waals surface area contributed by atoms with E-state index in [1.54, 1.807) is 30.0 Å². The monoisotopic (exact) mass is 494 g/mol. The maximum atomic E-state index is 13.7. The summed E-state index contributed by atoms with van der Waals surface area (Å²) in [4.78, 5) is 17.3. The van der Waals surface area contributed by atoms with Crippen molar-refractivity contribution in [2.24, 2.45) is 0 Å². The van der Waals surface area contributed by atoms with Crippen LogP contribution in [0.1, 0.15) is 12.5 Å². The molecule has 4 aromatic rings. The van der Waals surface area contributed by atoms with Crippen LogP contribution in [0.15, 0.2) is 83.9 Å². The van der Waals surface area contributed by atoms with Crippen LogP contribution in [0.4, 0.5) is 18.9 Å². The SMILES string of the molecule is CCSc1ccc(CC(=O)Nc2ccc(-c3ccnc(F)c3)c(Oc3cc(F)cc(F)c3)c2)cc1. The Balaban J connectivity index is 1.59. The third-order valence-corrected chi connectivity index (χ3v) is 5.86. The first kappa shape index (κ1) is 24.3. The van der Waals surface area contributed by atoms with Crippen molar-refractivity contribution in [3.05, 3.63) is 102 Å². The predicted octanol–water partition coefficient (Wildman–Crippen LogP) is 7.25.